The zero-order valence-corrected chi connectivity index (χ0v) is 26.4. The monoisotopic (exact) mass is 614 g/mol. The SMILES string of the molecule is CCOc1cc(C2C3=C(CC(C)(C)CC3=O)Nc3nc(SCc4ccccc4Cl)nn32)ccc1OCc1cccc(C)c1. The molecule has 0 bridgehead atoms. The molecule has 9 heteroatoms. The van der Waals surface area contributed by atoms with Gasteiger partial charge in [0.05, 0.1) is 6.61 Å². The Kier molecular flexibility index (Phi) is 8.25. The summed E-state index contributed by atoms with van der Waals surface area (Å²) >= 11 is 7.92. The Morgan fingerprint density at radius 3 is 2.67 bits per heavy atom. The van der Waals surface area contributed by atoms with Crippen molar-refractivity contribution in [1.82, 2.24) is 14.8 Å². The van der Waals surface area contributed by atoms with Gasteiger partial charge in [-0.25, -0.2) is 4.68 Å². The number of rotatable bonds is 9. The van der Waals surface area contributed by atoms with E-state index in [2.05, 4.69) is 44.3 Å². The lowest BCUT2D eigenvalue weighted by atomic mass is 9.73. The van der Waals surface area contributed by atoms with Gasteiger partial charge in [0.25, 0.3) is 0 Å². The molecule has 0 amide bonds. The van der Waals surface area contributed by atoms with Crippen molar-refractivity contribution in [2.24, 2.45) is 5.41 Å². The first-order valence-corrected chi connectivity index (χ1v) is 15.9. The van der Waals surface area contributed by atoms with Crippen molar-refractivity contribution in [3.8, 4) is 11.5 Å². The molecule has 0 fully saturated rings. The second-order valence-corrected chi connectivity index (χ2v) is 13.2. The first-order chi connectivity index (χ1) is 20.7. The maximum atomic E-state index is 13.7. The van der Waals surface area contributed by atoms with Crippen LogP contribution in [0.25, 0.3) is 0 Å². The summed E-state index contributed by atoms with van der Waals surface area (Å²) in [7, 11) is 0. The fraction of sp³-hybridized carbons (Fsp3) is 0.324. The second kappa shape index (κ2) is 12.1. The lowest BCUT2D eigenvalue weighted by Gasteiger charge is -2.38. The van der Waals surface area contributed by atoms with Crippen molar-refractivity contribution in [2.75, 3.05) is 11.9 Å². The molecule has 222 valence electrons. The van der Waals surface area contributed by atoms with E-state index in [1.54, 1.807) is 0 Å². The summed E-state index contributed by atoms with van der Waals surface area (Å²) in [5, 5.41) is 9.69. The number of ether oxygens (including phenoxy) is 2. The van der Waals surface area contributed by atoms with Crippen LogP contribution in [0.1, 0.15) is 61.9 Å². The van der Waals surface area contributed by atoms with E-state index in [0.717, 1.165) is 34.4 Å². The van der Waals surface area contributed by atoms with Crippen LogP contribution < -0.4 is 14.8 Å². The number of nitrogens with one attached hydrogen (secondary N) is 1. The lowest BCUT2D eigenvalue weighted by molar-refractivity contribution is -0.118. The van der Waals surface area contributed by atoms with Crippen LogP contribution in [0.3, 0.4) is 0 Å². The highest BCUT2D eigenvalue weighted by atomic mass is 35.5. The van der Waals surface area contributed by atoms with Gasteiger partial charge in [-0.05, 0) is 60.6 Å². The summed E-state index contributed by atoms with van der Waals surface area (Å²) in [5.74, 6) is 2.66. The van der Waals surface area contributed by atoms with Gasteiger partial charge >= 0.3 is 0 Å². The molecule has 43 heavy (non-hydrogen) atoms. The van der Waals surface area contributed by atoms with Crippen LogP contribution in [0, 0.1) is 12.3 Å². The third kappa shape index (κ3) is 6.31. The summed E-state index contributed by atoms with van der Waals surface area (Å²) < 4.78 is 14.1. The number of nitrogens with zero attached hydrogens (tertiary/aromatic N) is 3. The second-order valence-electron chi connectivity index (χ2n) is 11.8. The first-order valence-electron chi connectivity index (χ1n) is 14.5. The molecule has 1 atom stereocenters. The van der Waals surface area contributed by atoms with E-state index < -0.39 is 6.04 Å². The number of aryl methyl sites for hydroxylation is 1. The number of allylic oxidation sites excluding steroid dienone is 2. The van der Waals surface area contributed by atoms with Crippen LogP contribution in [0.2, 0.25) is 5.02 Å². The Labute approximate surface area is 261 Å². The molecule has 1 aliphatic heterocycles. The van der Waals surface area contributed by atoms with Gasteiger partial charge in [-0.2, -0.15) is 4.98 Å². The highest BCUT2D eigenvalue weighted by Crippen LogP contribution is 2.47. The highest BCUT2D eigenvalue weighted by molar-refractivity contribution is 7.98. The Morgan fingerprint density at radius 2 is 1.88 bits per heavy atom. The van der Waals surface area contributed by atoms with Crippen LogP contribution in [-0.4, -0.2) is 27.2 Å². The van der Waals surface area contributed by atoms with Crippen LogP contribution in [0.15, 0.2) is 83.2 Å². The number of fused-ring (bicyclic) bond motifs is 1. The summed E-state index contributed by atoms with van der Waals surface area (Å²) in [6.45, 7) is 9.18. The number of Topliss-reactive ketones (excluding diaryl/α,β-unsaturated/α-hetero) is 1. The number of hydrogen-bond acceptors (Lipinski definition) is 7. The van der Waals surface area contributed by atoms with Crippen molar-refractivity contribution in [2.45, 2.75) is 64.1 Å². The number of hydrogen-bond donors (Lipinski definition) is 1. The van der Waals surface area contributed by atoms with Crippen LogP contribution in [0.5, 0.6) is 11.5 Å². The van der Waals surface area contributed by atoms with E-state index in [9.17, 15) is 4.79 Å². The molecule has 1 aromatic heterocycles. The van der Waals surface area contributed by atoms with Crippen molar-refractivity contribution >= 4 is 35.1 Å². The van der Waals surface area contributed by atoms with Crippen molar-refractivity contribution < 1.29 is 14.3 Å². The van der Waals surface area contributed by atoms with Crippen molar-refractivity contribution in [3.05, 3.63) is 105 Å². The normalized spacial score (nSPS) is 17.2. The quantitative estimate of drug-likeness (QED) is 0.191. The van der Waals surface area contributed by atoms with Crippen LogP contribution in [-0.2, 0) is 17.2 Å². The molecule has 0 saturated carbocycles. The summed E-state index contributed by atoms with van der Waals surface area (Å²) in [6, 6.07) is 21.5. The standard InChI is InChI=1S/C34H35ClN4O3S/c1-5-41-29-16-23(13-14-28(29)42-19-22-10-8-9-21(2)15-22)31-30-26(17-34(3,4)18-27(30)40)36-32-37-33(38-39(31)32)43-20-24-11-6-7-12-25(24)35/h6-16,31H,5,17-20H2,1-4H3,(H,36,37,38). The van der Waals surface area contributed by atoms with Gasteiger partial charge in [0, 0.05) is 28.5 Å². The Bertz CT molecular complexity index is 1710. The van der Waals surface area contributed by atoms with Crippen LogP contribution in [0.4, 0.5) is 5.95 Å². The minimum absolute atomic E-state index is 0.118. The number of carbonyl (C=O) groups excluding carboxylic acids is 1. The molecule has 1 unspecified atom stereocenters. The molecule has 0 saturated heterocycles. The smallest absolute Gasteiger partial charge is 0.227 e. The average molecular weight is 615 g/mol. The maximum Gasteiger partial charge on any atom is 0.227 e. The number of thioether (sulfide) groups is 1. The summed E-state index contributed by atoms with van der Waals surface area (Å²) in [4.78, 5) is 18.6. The molecule has 1 aliphatic carbocycles. The maximum absolute atomic E-state index is 13.7. The number of aromatic nitrogens is 3. The Hall–Kier alpha value is -3.75. The third-order valence-corrected chi connectivity index (χ3v) is 8.94. The predicted molar refractivity (Wildman–Crippen MR) is 171 cm³/mol. The van der Waals surface area contributed by atoms with E-state index >= 15 is 0 Å². The summed E-state index contributed by atoms with van der Waals surface area (Å²) in [6.07, 6.45) is 1.22. The molecule has 0 radical (unpaired) electrons. The molecule has 1 N–H and O–H groups in total. The Morgan fingerprint density at radius 1 is 1.05 bits per heavy atom. The van der Waals surface area contributed by atoms with Crippen molar-refractivity contribution in [1.29, 1.82) is 0 Å². The van der Waals surface area contributed by atoms with Gasteiger partial charge in [-0.15, -0.1) is 5.10 Å². The highest BCUT2D eigenvalue weighted by Gasteiger charge is 2.42. The van der Waals surface area contributed by atoms with E-state index in [4.69, 9.17) is 31.2 Å². The fourth-order valence-electron chi connectivity index (χ4n) is 5.76. The number of halogens is 1. The van der Waals surface area contributed by atoms with Gasteiger partial charge in [0.1, 0.15) is 12.6 Å². The molecule has 2 heterocycles. The third-order valence-electron chi connectivity index (χ3n) is 7.69. The average Bonchev–Trinajstić information content (AvgIpc) is 3.37. The van der Waals surface area contributed by atoms with E-state index in [-0.39, 0.29) is 11.2 Å². The van der Waals surface area contributed by atoms with Gasteiger partial charge in [0.2, 0.25) is 11.1 Å². The van der Waals surface area contributed by atoms with Gasteiger partial charge in [-0.3, -0.25) is 4.79 Å². The molecular weight excluding hydrogens is 580 g/mol. The topological polar surface area (TPSA) is 78.3 Å². The van der Waals surface area contributed by atoms with E-state index in [1.807, 2.05) is 60.1 Å². The van der Waals surface area contributed by atoms with Gasteiger partial charge in [-0.1, -0.05) is 91.3 Å². The molecule has 6 rings (SSSR count). The minimum Gasteiger partial charge on any atom is -0.490 e. The first kappa shape index (κ1) is 29.3. The van der Waals surface area contributed by atoms with Gasteiger partial charge in [0.15, 0.2) is 17.3 Å². The number of benzene rings is 3. The zero-order valence-electron chi connectivity index (χ0n) is 24.8. The van der Waals surface area contributed by atoms with Crippen molar-refractivity contribution in [3.63, 3.8) is 0 Å². The van der Waals surface area contributed by atoms with Crippen LogP contribution >= 0.6 is 23.4 Å². The number of anilines is 1. The molecule has 3 aromatic carbocycles. The lowest BCUT2D eigenvalue weighted by Crippen LogP contribution is -2.36. The Balaban J connectivity index is 1.36. The largest absolute Gasteiger partial charge is 0.490 e. The predicted octanol–water partition coefficient (Wildman–Crippen LogP) is 8.17. The molecule has 0 spiro atoms. The summed E-state index contributed by atoms with van der Waals surface area (Å²) in [5.41, 5.74) is 5.67. The van der Waals surface area contributed by atoms with E-state index in [0.29, 0.717) is 53.0 Å². The van der Waals surface area contributed by atoms with E-state index in [1.165, 1.54) is 17.3 Å². The fourth-order valence-corrected chi connectivity index (χ4v) is 6.88. The number of carbonyl (C=O) groups is 1. The minimum atomic E-state index is -0.443. The molecule has 7 nitrogen and oxygen atoms in total. The van der Waals surface area contributed by atoms with Gasteiger partial charge < -0.3 is 14.8 Å². The molecule has 2 aliphatic rings. The number of ketones is 1. The zero-order chi connectivity index (χ0) is 30.1. The molecule has 4 aromatic rings. The molecular formula is C34H35ClN4O3S.